The Morgan fingerprint density at radius 1 is 1.08 bits per heavy atom. The Bertz CT molecular complexity index is 774. The van der Waals surface area contributed by atoms with Crippen molar-refractivity contribution in [2.45, 2.75) is 0 Å². The Labute approximate surface area is 148 Å². The van der Waals surface area contributed by atoms with Gasteiger partial charge in [-0.05, 0) is 24.3 Å². The highest BCUT2D eigenvalue weighted by Gasteiger charge is 2.13. The Hall–Kier alpha value is -2.57. The first-order chi connectivity index (χ1) is 11.5. The van der Waals surface area contributed by atoms with E-state index in [1.807, 2.05) is 0 Å². The molecule has 24 heavy (non-hydrogen) atoms. The number of nitrogens with one attached hydrogen (secondary N) is 2. The fourth-order valence-corrected chi connectivity index (χ4v) is 2.22. The smallest absolute Gasteiger partial charge is 0.329 e. The Kier molecular flexibility index (Phi) is 6.17. The van der Waals surface area contributed by atoms with Gasteiger partial charge in [-0.3, -0.25) is 9.59 Å². The molecule has 0 bridgehead atoms. The second-order valence-electron chi connectivity index (χ2n) is 4.52. The molecule has 0 unspecified atom stereocenters. The molecule has 2 N–H and O–H groups in total. The van der Waals surface area contributed by atoms with Crippen LogP contribution in [0.3, 0.4) is 0 Å². The van der Waals surface area contributed by atoms with Gasteiger partial charge >= 0.3 is 11.8 Å². The highest BCUT2D eigenvalue weighted by atomic mass is 35.5. The molecule has 2 aromatic rings. The molecule has 0 aromatic heterocycles. The predicted octanol–water partition coefficient (Wildman–Crippen LogP) is 3.09. The van der Waals surface area contributed by atoms with Crippen LogP contribution in [-0.4, -0.2) is 25.1 Å². The van der Waals surface area contributed by atoms with Crippen LogP contribution in [0, 0.1) is 0 Å². The highest BCUT2D eigenvalue weighted by molar-refractivity contribution is 6.40. The standard InChI is InChI=1S/C16H13Cl2N3O3/c1-24-11-5-2-4-10(8-11)20-15(22)16(23)21-19-9-12-13(17)6-3-7-14(12)18/h2-9H,1H3,(H,20,22)(H,21,23)/b19-9+. The monoisotopic (exact) mass is 365 g/mol. The van der Waals surface area contributed by atoms with Gasteiger partial charge in [-0.25, -0.2) is 5.43 Å². The fourth-order valence-electron chi connectivity index (χ4n) is 1.73. The van der Waals surface area contributed by atoms with Crippen molar-refractivity contribution in [3.8, 4) is 5.75 Å². The minimum atomic E-state index is -0.933. The summed E-state index contributed by atoms with van der Waals surface area (Å²) in [4.78, 5) is 23.5. The minimum Gasteiger partial charge on any atom is -0.497 e. The molecule has 8 heteroatoms. The number of hydrogen-bond donors (Lipinski definition) is 2. The maximum absolute atomic E-state index is 11.8. The Morgan fingerprint density at radius 2 is 1.75 bits per heavy atom. The Morgan fingerprint density at radius 3 is 2.42 bits per heavy atom. The number of nitrogens with zero attached hydrogens (tertiary/aromatic N) is 1. The molecule has 2 rings (SSSR count). The molecule has 124 valence electrons. The molecule has 0 heterocycles. The van der Waals surface area contributed by atoms with Gasteiger partial charge in [-0.1, -0.05) is 35.3 Å². The Balaban J connectivity index is 1.96. The van der Waals surface area contributed by atoms with Crippen LogP contribution in [0.4, 0.5) is 5.69 Å². The van der Waals surface area contributed by atoms with E-state index in [0.717, 1.165) is 0 Å². The van der Waals surface area contributed by atoms with Crippen molar-refractivity contribution in [3.05, 3.63) is 58.1 Å². The zero-order chi connectivity index (χ0) is 17.5. The van der Waals surface area contributed by atoms with Gasteiger partial charge in [0.1, 0.15) is 5.75 Å². The van der Waals surface area contributed by atoms with E-state index < -0.39 is 11.8 Å². The average Bonchev–Trinajstić information content (AvgIpc) is 2.57. The van der Waals surface area contributed by atoms with Gasteiger partial charge in [0.15, 0.2) is 0 Å². The number of anilines is 1. The third-order valence-electron chi connectivity index (χ3n) is 2.89. The number of ether oxygens (including phenoxy) is 1. The maximum atomic E-state index is 11.8. The number of hydrogen-bond acceptors (Lipinski definition) is 4. The van der Waals surface area contributed by atoms with Crippen molar-refractivity contribution >= 4 is 46.9 Å². The number of carbonyl (C=O) groups is 2. The van der Waals surface area contributed by atoms with Crippen molar-refractivity contribution in [2.75, 3.05) is 12.4 Å². The molecule has 0 spiro atoms. The van der Waals surface area contributed by atoms with Crippen LogP contribution in [0.2, 0.25) is 10.0 Å². The lowest BCUT2D eigenvalue weighted by molar-refractivity contribution is -0.136. The van der Waals surface area contributed by atoms with Gasteiger partial charge in [0.05, 0.1) is 23.4 Å². The molecule has 0 aliphatic rings. The molecule has 0 saturated heterocycles. The van der Waals surface area contributed by atoms with Crippen molar-refractivity contribution in [3.63, 3.8) is 0 Å². The zero-order valence-corrected chi connectivity index (χ0v) is 14.1. The van der Waals surface area contributed by atoms with E-state index in [4.69, 9.17) is 27.9 Å². The normalized spacial score (nSPS) is 10.5. The number of benzene rings is 2. The summed E-state index contributed by atoms with van der Waals surface area (Å²) in [5.74, 6) is -1.25. The zero-order valence-electron chi connectivity index (χ0n) is 12.5. The van der Waals surface area contributed by atoms with E-state index in [0.29, 0.717) is 27.0 Å². The topological polar surface area (TPSA) is 79.8 Å². The molecule has 0 fully saturated rings. The third kappa shape index (κ3) is 4.71. The van der Waals surface area contributed by atoms with Gasteiger partial charge in [-0.2, -0.15) is 5.10 Å². The van der Waals surface area contributed by atoms with Crippen LogP contribution in [-0.2, 0) is 9.59 Å². The lowest BCUT2D eigenvalue weighted by Crippen LogP contribution is -2.32. The van der Waals surface area contributed by atoms with Crippen molar-refractivity contribution < 1.29 is 14.3 Å². The molecule has 2 aromatic carbocycles. The van der Waals surface area contributed by atoms with Crippen LogP contribution in [0.25, 0.3) is 0 Å². The van der Waals surface area contributed by atoms with Crippen LogP contribution in [0.15, 0.2) is 47.6 Å². The minimum absolute atomic E-state index is 0.376. The number of carbonyl (C=O) groups excluding carboxylic acids is 2. The van der Waals surface area contributed by atoms with E-state index in [-0.39, 0.29) is 0 Å². The van der Waals surface area contributed by atoms with Gasteiger partial charge in [0.25, 0.3) is 0 Å². The van der Waals surface area contributed by atoms with Crippen molar-refractivity contribution in [1.29, 1.82) is 0 Å². The molecule has 0 atom stereocenters. The van der Waals surface area contributed by atoms with Gasteiger partial charge < -0.3 is 10.1 Å². The molecular weight excluding hydrogens is 353 g/mol. The second kappa shape index (κ2) is 8.33. The lowest BCUT2D eigenvalue weighted by atomic mass is 10.2. The number of amides is 2. The van der Waals surface area contributed by atoms with Crippen molar-refractivity contribution in [1.82, 2.24) is 5.43 Å². The summed E-state index contributed by atoms with van der Waals surface area (Å²) in [7, 11) is 1.50. The van der Waals surface area contributed by atoms with E-state index in [2.05, 4.69) is 15.8 Å². The molecule has 6 nitrogen and oxygen atoms in total. The third-order valence-corrected chi connectivity index (χ3v) is 3.55. The van der Waals surface area contributed by atoms with E-state index in [1.165, 1.54) is 13.3 Å². The summed E-state index contributed by atoms with van der Waals surface area (Å²) in [6, 6.07) is 11.6. The number of rotatable bonds is 4. The molecule has 2 amide bonds. The number of methoxy groups -OCH3 is 1. The summed E-state index contributed by atoms with van der Waals surface area (Å²) >= 11 is 11.9. The summed E-state index contributed by atoms with van der Waals surface area (Å²) < 4.78 is 5.03. The van der Waals surface area contributed by atoms with E-state index in [9.17, 15) is 9.59 Å². The maximum Gasteiger partial charge on any atom is 0.329 e. The first-order valence-corrected chi connectivity index (χ1v) is 7.49. The van der Waals surface area contributed by atoms with E-state index in [1.54, 1.807) is 42.5 Å². The summed E-state index contributed by atoms with van der Waals surface area (Å²) in [6.45, 7) is 0. The highest BCUT2D eigenvalue weighted by Crippen LogP contribution is 2.22. The van der Waals surface area contributed by atoms with Gasteiger partial charge in [0.2, 0.25) is 0 Å². The number of halogens is 2. The number of hydrazone groups is 1. The average molecular weight is 366 g/mol. The first-order valence-electron chi connectivity index (χ1n) is 6.73. The van der Waals surface area contributed by atoms with E-state index >= 15 is 0 Å². The first kappa shape index (κ1) is 17.8. The largest absolute Gasteiger partial charge is 0.497 e. The van der Waals surface area contributed by atoms with Gasteiger partial charge in [-0.15, -0.1) is 0 Å². The van der Waals surface area contributed by atoms with Crippen LogP contribution in [0.1, 0.15) is 5.56 Å². The van der Waals surface area contributed by atoms with Crippen LogP contribution < -0.4 is 15.5 Å². The molecule has 0 saturated carbocycles. The molecule has 0 aliphatic carbocycles. The predicted molar refractivity (Wildman–Crippen MR) is 93.8 cm³/mol. The van der Waals surface area contributed by atoms with Crippen LogP contribution in [0.5, 0.6) is 5.75 Å². The fraction of sp³-hybridized carbons (Fsp3) is 0.0625. The molecular formula is C16H13Cl2N3O3. The van der Waals surface area contributed by atoms with Crippen LogP contribution >= 0.6 is 23.2 Å². The lowest BCUT2D eigenvalue weighted by Gasteiger charge is -2.06. The summed E-state index contributed by atoms with van der Waals surface area (Å²) in [6.07, 6.45) is 1.27. The van der Waals surface area contributed by atoms with Crippen molar-refractivity contribution in [2.24, 2.45) is 5.10 Å². The quantitative estimate of drug-likeness (QED) is 0.496. The molecule has 0 aliphatic heterocycles. The summed E-state index contributed by atoms with van der Waals surface area (Å²) in [5, 5.41) is 6.86. The molecule has 0 radical (unpaired) electrons. The second-order valence-corrected chi connectivity index (χ2v) is 5.33. The van der Waals surface area contributed by atoms with Gasteiger partial charge in [0, 0.05) is 17.3 Å². The SMILES string of the molecule is COc1cccc(NC(=O)C(=O)N/N=C/c2c(Cl)cccc2Cl)c1. The summed E-state index contributed by atoms with van der Waals surface area (Å²) in [5.41, 5.74) is 2.97.